The van der Waals surface area contributed by atoms with Crippen LogP contribution in [-0.4, -0.2) is 16.8 Å². The van der Waals surface area contributed by atoms with E-state index in [1.807, 2.05) is 18.2 Å². The summed E-state index contributed by atoms with van der Waals surface area (Å²) < 4.78 is 10.6. The van der Waals surface area contributed by atoms with Gasteiger partial charge in [0, 0.05) is 12.6 Å². The Morgan fingerprint density at radius 1 is 1.11 bits per heavy atom. The van der Waals surface area contributed by atoms with Gasteiger partial charge in [-0.15, -0.1) is 0 Å². The van der Waals surface area contributed by atoms with Gasteiger partial charge < -0.3 is 20.2 Å². The number of hydrogen-bond acceptors (Lipinski definition) is 7. The van der Waals surface area contributed by atoms with Crippen LogP contribution in [0.1, 0.15) is 5.56 Å². The van der Waals surface area contributed by atoms with Crippen molar-refractivity contribution in [2.24, 2.45) is 5.84 Å². The molecule has 3 rings (SSSR count). The molecule has 0 saturated heterocycles. The zero-order chi connectivity index (χ0) is 13.1. The molecular formula is C12H13N5O2. The lowest BCUT2D eigenvalue weighted by atomic mass is 10.2. The van der Waals surface area contributed by atoms with E-state index in [0.29, 0.717) is 18.2 Å². The second-order valence-corrected chi connectivity index (χ2v) is 3.97. The van der Waals surface area contributed by atoms with Gasteiger partial charge in [-0.25, -0.2) is 15.8 Å². The van der Waals surface area contributed by atoms with Crippen molar-refractivity contribution >= 4 is 11.6 Å². The van der Waals surface area contributed by atoms with Crippen LogP contribution in [0.3, 0.4) is 0 Å². The van der Waals surface area contributed by atoms with E-state index in [9.17, 15) is 0 Å². The summed E-state index contributed by atoms with van der Waals surface area (Å²) in [5.74, 6) is 8.09. The van der Waals surface area contributed by atoms with Crippen LogP contribution < -0.4 is 26.1 Å². The summed E-state index contributed by atoms with van der Waals surface area (Å²) in [7, 11) is 0. The van der Waals surface area contributed by atoms with Crippen molar-refractivity contribution in [3.05, 3.63) is 36.2 Å². The van der Waals surface area contributed by atoms with E-state index in [-0.39, 0.29) is 6.79 Å². The maximum absolute atomic E-state index is 5.33. The highest BCUT2D eigenvalue weighted by atomic mass is 16.7. The van der Waals surface area contributed by atoms with Gasteiger partial charge in [0.25, 0.3) is 0 Å². The summed E-state index contributed by atoms with van der Waals surface area (Å²) in [5.41, 5.74) is 3.55. The van der Waals surface area contributed by atoms with Crippen molar-refractivity contribution in [2.45, 2.75) is 6.54 Å². The van der Waals surface area contributed by atoms with Crippen molar-refractivity contribution in [1.82, 2.24) is 9.97 Å². The quantitative estimate of drug-likeness (QED) is 0.559. The van der Waals surface area contributed by atoms with Gasteiger partial charge in [0.1, 0.15) is 18.0 Å². The molecule has 0 spiro atoms. The van der Waals surface area contributed by atoms with Gasteiger partial charge in [0.15, 0.2) is 11.5 Å². The monoisotopic (exact) mass is 259 g/mol. The average Bonchev–Trinajstić information content (AvgIpc) is 2.93. The maximum Gasteiger partial charge on any atom is 0.231 e. The molecule has 7 heteroatoms. The first-order chi connectivity index (χ1) is 9.35. The molecular weight excluding hydrogens is 246 g/mol. The third-order valence-electron chi connectivity index (χ3n) is 2.73. The summed E-state index contributed by atoms with van der Waals surface area (Å²) >= 11 is 0. The fourth-order valence-electron chi connectivity index (χ4n) is 1.78. The first kappa shape index (κ1) is 11.5. The Balaban J connectivity index is 1.68. The van der Waals surface area contributed by atoms with Crippen molar-refractivity contribution in [3.63, 3.8) is 0 Å². The molecule has 0 aliphatic carbocycles. The number of rotatable bonds is 4. The van der Waals surface area contributed by atoms with Crippen LogP contribution in [0.15, 0.2) is 30.6 Å². The lowest BCUT2D eigenvalue weighted by Gasteiger charge is -2.07. The highest BCUT2D eigenvalue weighted by Crippen LogP contribution is 2.32. The minimum Gasteiger partial charge on any atom is -0.454 e. The molecule has 1 aromatic heterocycles. The third kappa shape index (κ3) is 2.50. The van der Waals surface area contributed by atoms with Crippen molar-refractivity contribution in [2.75, 3.05) is 17.5 Å². The summed E-state index contributed by atoms with van der Waals surface area (Å²) in [6, 6.07) is 7.54. The van der Waals surface area contributed by atoms with Gasteiger partial charge in [-0.05, 0) is 17.7 Å². The molecule has 0 saturated carbocycles. The van der Waals surface area contributed by atoms with E-state index >= 15 is 0 Å². The Labute approximate surface area is 109 Å². The number of ether oxygens (including phenoxy) is 2. The Morgan fingerprint density at radius 2 is 1.95 bits per heavy atom. The van der Waals surface area contributed by atoms with Crippen LogP contribution in [0, 0.1) is 0 Å². The minimum absolute atomic E-state index is 0.281. The van der Waals surface area contributed by atoms with Crippen LogP contribution in [-0.2, 0) is 6.54 Å². The van der Waals surface area contributed by atoms with Crippen LogP contribution in [0.2, 0.25) is 0 Å². The third-order valence-corrected chi connectivity index (χ3v) is 2.73. The standard InChI is InChI=1S/C12H13N5O2/c13-17-12-4-11(15-6-16-12)14-5-8-1-2-9-10(3-8)19-7-18-9/h1-4,6H,5,7,13H2,(H2,14,15,16,17). The second-order valence-electron chi connectivity index (χ2n) is 3.97. The molecule has 0 atom stereocenters. The molecule has 0 bridgehead atoms. The Bertz CT molecular complexity index is 590. The van der Waals surface area contributed by atoms with Crippen molar-refractivity contribution in [3.8, 4) is 11.5 Å². The molecule has 1 aromatic carbocycles. The Morgan fingerprint density at radius 3 is 2.84 bits per heavy atom. The molecule has 19 heavy (non-hydrogen) atoms. The SMILES string of the molecule is NNc1cc(NCc2ccc3c(c2)OCO3)ncn1. The fraction of sp³-hybridized carbons (Fsp3) is 0.167. The predicted octanol–water partition coefficient (Wildman–Crippen LogP) is 1.10. The zero-order valence-electron chi connectivity index (χ0n) is 10.1. The summed E-state index contributed by atoms with van der Waals surface area (Å²) in [5, 5.41) is 3.18. The summed E-state index contributed by atoms with van der Waals surface area (Å²) in [4.78, 5) is 8.04. The first-order valence-corrected chi connectivity index (χ1v) is 5.76. The topological polar surface area (TPSA) is 94.3 Å². The predicted molar refractivity (Wildman–Crippen MR) is 69.7 cm³/mol. The number of aromatic nitrogens is 2. The highest BCUT2D eigenvalue weighted by Gasteiger charge is 2.12. The molecule has 0 unspecified atom stereocenters. The molecule has 7 nitrogen and oxygen atoms in total. The van der Waals surface area contributed by atoms with E-state index in [4.69, 9.17) is 15.3 Å². The zero-order valence-corrected chi connectivity index (χ0v) is 10.1. The van der Waals surface area contributed by atoms with Crippen molar-refractivity contribution < 1.29 is 9.47 Å². The van der Waals surface area contributed by atoms with Crippen LogP contribution in [0.4, 0.5) is 11.6 Å². The normalized spacial score (nSPS) is 12.3. The van der Waals surface area contributed by atoms with Crippen molar-refractivity contribution in [1.29, 1.82) is 0 Å². The number of hydrogen-bond donors (Lipinski definition) is 3. The van der Waals surface area contributed by atoms with Gasteiger partial charge in [0.05, 0.1) is 0 Å². The summed E-state index contributed by atoms with van der Waals surface area (Å²) in [6.07, 6.45) is 1.44. The fourth-order valence-corrected chi connectivity index (χ4v) is 1.78. The molecule has 2 heterocycles. The molecule has 1 aliphatic heterocycles. The number of nitrogens with one attached hydrogen (secondary N) is 2. The summed E-state index contributed by atoms with van der Waals surface area (Å²) in [6.45, 7) is 0.904. The van der Waals surface area contributed by atoms with E-state index in [1.165, 1.54) is 6.33 Å². The highest BCUT2D eigenvalue weighted by molar-refractivity contribution is 5.48. The number of nitrogen functional groups attached to an aromatic ring is 1. The number of nitrogens with two attached hydrogens (primary N) is 1. The molecule has 4 N–H and O–H groups in total. The van der Waals surface area contributed by atoms with Gasteiger partial charge in [-0.2, -0.15) is 0 Å². The average molecular weight is 259 g/mol. The smallest absolute Gasteiger partial charge is 0.231 e. The molecule has 98 valence electrons. The number of anilines is 2. The molecule has 1 aliphatic rings. The van der Waals surface area contributed by atoms with Gasteiger partial charge in [0.2, 0.25) is 6.79 Å². The van der Waals surface area contributed by atoms with Crippen LogP contribution in [0.25, 0.3) is 0 Å². The molecule has 0 amide bonds. The van der Waals surface area contributed by atoms with Crippen LogP contribution in [0.5, 0.6) is 11.5 Å². The second kappa shape index (κ2) is 4.99. The lowest BCUT2D eigenvalue weighted by molar-refractivity contribution is 0.174. The van der Waals surface area contributed by atoms with E-state index in [2.05, 4.69) is 20.7 Å². The van der Waals surface area contributed by atoms with Crippen LogP contribution >= 0.6 is 0 Å². The van der Waals surface area contributed by atoms with Gasteiger partial charge in [-0.3, -0.25) is 0 Å². The number of fused-ring (bicyclic) bond motifs is 1. The number of hydrazine groups is 1. The first-order valence-electron chi connectivity index (χ1n) is 5.76. The van der Waals surface area contributed by atoms with Gasteiger partial charge >= 0.3 is 0 Å². The van der Waals surface area contributed by atoms with E-state index < -0.39 is 0 Å². The minimum atomic E-state index is 0.281. The van der Waals surface area contributed by atoms with E-state index in [1.54, 1.807) is 6.07 Å². The van der Waals surface area contributed by atoms with E-state index in [0.717, 1.165) is 17.1 Å². The lowest BCUT2D eigenvalue weighted by Crippen LogP contribution is -2.09. The maximum atomic E-state index is 5.33. The molecule has 0 fully saturated rings. The Hall–Kier alpha value is -2.54. The van der Waals surface area contributed by atoms with Gasteiger partial charge in [-0.1, -0.05) is 6.07 Å². The number of benzene rings is 1. The number of nitrogens with zero attached hydrogens (tertiary/aromatic N) is 2. The Kier molecular flexibility index (Phi) is 3.03. The molecule has 0 radical (unpaired) electrons. The molecule has 2 aromatic rings. The largest absolute Gasteiger partial charge is 0.454 e.